The first-order valence-electron chi connectivity index (χ1n) is 11.0. The molecule has 0 spiro atoms. The van der Waals surface area contributed by atoms with E-state index in [1.165, 1.54) is 5.56 Å². The van der Waals surface area contributed by atoms with Gasteiger partial charge in [-0.25, -0.2) is 4.79 Å². The molecule has 172 valence electrons. The second-order valence-corrected chi connectivity index (χ2v) is 9.77. The maximum absolute atomic E-state index is 13.2. The van der Waals surface area contributed by atoms with Crippen LogP contribution in [0.2, 0.25) is 0 Å². The van der Waals surface area contributed by atoms with E-state index in [2.05, 4.69) is 34.7 Å². The number of nitrogens with zero attached hydrogens (tertiary/aromatic N) is 3. The number of urea groups is 1. The third-order valence-corrected chi connectivity index (χ3v) is 7.52. The highest BCUT2D eigenvalue weighted by molar-refractivity contribution is 7.98. The monoisotopic (exact) mass is 488 g/mol. The van der Waals surface area contributed by atoms with Crippen LogP contribution in [-0.2, 0) is 6.42 Å². The van der Waals surface area contributed by atoms with Crippen LogP contribution in [0, 0.1) is 0 Å². The Bertz CT molecular complexity index is 1300. The molecule has 6 nitrogen and oxygen atoms in total. The lowest BCUT2D eigenvalue weighted by Gasteiger charge is -2.35. The van der Waals surface area contributed by atoms with Gasteiger partial charge >= 0.3 is 6.03 Å². The van der Waals surface area contributed by atoms with E-state index in [1.54, 1.807) is 28.0 Å². The molecule has 0 fully saturated rings. The van der Waals surface area contributed by atoms with Crippen LogP contribution in [0.15, 0.2) is 87.2 Å². The molecule has 4 aromatic rings. The zero-order valence-electron chi connectivity index (χ0n) is 18.9. The van der Waals surface area contributed by atoms with Crippen molar-refractivity contribution in [2.75, 3.05) is 12.8 Å². The van der Waals surface area contributed by atoms with Gasteiger partial charge < -0.3 is 9.84 Å². The molecule has 2 amide bonds. The van der Waals surface area contributed by atoms with E-state index in [-0.39, 0.29) is 12.1 Å². The van der Waals surface area contributed by atoms with Crippen LogP contribution in [0.5, 0.6) is 0 Å². The maximum atomic E-state index is 13.2. The molecule has 1 N–H and O–H groups in total. The SMILES string of the molecule is CSc1ccc(C2NC(=O)N(CCc3ccccc3)C(C)=C2c2nc(-c3cccs3)no2)cc1. The largest absolute Gasteiger partial charge is 0.334 e. The van der Waals surface area contributed by atoms with Gasteiger partial charge in [0.1, 0.15) is 0 Å². The maximum Gasteiger partial charge on any atom is 0.322 e. The molecule has 8 heteroatoms. The number of rotatable bonds is 7. The molecule has 2 aromatic heterocycles. The summed E-state index contributed by atoms with van der Waals surface area (Å²) in [5.41, 5.74) is 3.79. The van der Waals surface area contributed by atoms with E-state index in [1.807, 2.05) is 61.0 Å². The van der Waals surface area contributed by atoms with E-state index < -0.39 is 0 Å². The molecular weight excluding hydrogens is 464 g/mol. The molecule has 2 aromatic carbocycles. The Morgan fingerprint density at radius 2 is 1.88 bits per heavy atom. The molecular formula is C26H24N4O2S2. The van der Waals surface area contributed by atoms with Crippen LogP contribution in [0.1, 0.15) is 30.0 Å². The number of aromatic nitrogens is 2. The fourth-order valence-electron chi connectivity index (χ4n) is 4.10. The highest BCUT2D eigenvalue weighted by Crippen LogP contribution is 2.38. The van der Waals surface area contributed by atoms with E-state index >= 15 is 0 Å². The lowest BCUT2D eigenvalue weighted by Crippen LogP contribution is -2.46. The van der Waals surface area contributed by atoms with E-state index in [9.17, 15) is 4.79 Å². The van der Waals surface area contributed by atoms with E-state index in [4.69, 9.17) is 9.51 Å². The molecule has 5 rings (SSSR count). The molecule has 0 saturated heterocycles. The summed E-state index contributed by atoms with van der Waals surface area (Å²) in [7, 11) is 0. The average molecular weight is 489 g/mol. The molecule has 1 aliphatic heterocycles. The minimum atomic E-state index is -0.381. The topological polar surface area (TPSA) is 71.3 Å². The highest BCUT2D eigenvalue weighted by atomic mass is 32.2. The van der Waals surface area contributed by atoms with Gasteiger partial charge in [-0.2, -0.15) is 4.98 Å². The lowest BCUT2D eigenvalue weighted by molar-refractivity contribution is 0.205. The summed E-state index contributed by atoms with van der Waals surface area (Å²) in [4.78, 5) is 21.8. The number of amides is 2. The second kappa shape index (κ2) is 9.87. The van der Waals surface area contributed by atoms with Crippen molar-refractivity contribution in [1.29, 1.82) is 0 Å². The van der Waals surface area contributed by atoms with Gasteiger partial charge in [0.25, 0.3) is 5.89 Å². The molecule has 0 radical (unpaired) electrons. The number of carbonyl (C=O) groups excluding carboxylic acids is 1. The number of carbonyl (C=O) groups is 1. The van der Waals surface area contributed by atoms with Gasteiger partial charge in [-0.15, -0.1) is 23.1 Å². The standard InChI is InChI=1S/C26H24N4O2S2/c1-17-22(25-28-24(29-32-25)21-9-6-16-34-21)23(19-10-12-20(33-2)13-11-19)27-26(31)30(17)15-14-18-7-4-3-5-8-18/h3-13,16,23H,14-15H2,1-2H3,(H,27,31). The fourth-order valence-corrected chi connectivity index (χ4v) is 5.16. The summed E-state index contributed by atoms with van der Waals surface area (Å²) in [6.45, 7) is 2.51. The number of hydrogen-bond donors (Lipinski definition) is 1. The molecule has 3 heterocycles. The summed E-state index contributed by atoms with van der Waals surface area (Å²) in [6.07, 6.45) is 2.79. The van der Waals surface area contributed by atoms with Gasteiger partial charge in [0.15, 0.2) is 0 Å². The van der Waals surface area contributed by atoms with Crippen LogP contribution < -0.4 is 5.32 Å². The molecule has 1 atom stereocenters. The van der Waals surface area contributed by atoms with Crippen molar-refractivity contribution in [3.8, 4) is 10.7 Å². The molecule has 1 unspecified atom stereocenters. The number of benzene rings is 2. The van der Waals surface area contributed by atoms with Crippen LogP contribution in [0.4, 0.5) is 4.79 Å². The first kappa shape index (κ1) is 22.4. The molecule has 0 bridgehead atoms. The minimum absolute atomic E-state index is 0.130. The summed E-state index contributed by atoms with van der Waals surface area (Å²) >= 11 is 3.24. The first-order chi connectivity index (χ1) is 16.6. The Kier molecular flexibility index (Phi) is 6.51. The third kappa shape index (κ3) is 4.51. The van der Waals surface area contributed by atoms with Crippen molar-refractivity contribution < 1.29 is 9.32 Å². The molecule has 1 aliphatic rings. The highest BCUT2D eigenvalue weighted by Gasteiger charge is 2.35. The predicted octanol–water partition coefficient (Wildman–Crippen LogP) is 6.26. The van der Waals surface area contributed by atoms with Gasteiger partial charge in [0.05, 0.1) is 16.5 Å². The van der Waals surface area contributed by atoms with Crippen LogP contribution in [0.25, 0.3) is 16.3 Å². The molecule has 34 heavy (non-hydrogen) atoms. The van der Waals surface area contributed by atoms with Crippen LogP contribution in [-0.4, -0.2) is 33.9 Å². The zero-order chi connectivity index (χ0) is 23.5. The van der Waals surface area contributed by atoms with Gasteiger partial charge in [-0.3, -0.25) is 4.90 Å². The quantitative estimate of drug-likeness (QED) is 0.311. The number of nitrogens with one attached hydrogen (secondary N) is 1. The zero-order valence-corrected chi connectivity index (χ0v) is 20.5. The second-order valence-electron chi connectivity index (χ2n) is 7.94. The summed E-state index contributed by atoms with van der Waals surface area (Å²) < 4.78 is 5.75. The average Bonchev–Trinajstić information content (AvgIpc) is 3.57. The minimum Gasteiger partial charge on any atom is -0.334 e. The fraction of sp³-hybridized carbons (Fsp3) is 0.192. The van der Waals surface area contributed by atoms with Crippen molar-refractivity contribution in [3.05, 3.63) is 94.8 Å². The Morgan fingerprint density at radius 3 is 2.59 bits per heavy atom. The van der Waals surface area contributed by atoms with Gasteiger partial charge in [-0.1, -0.05) is 53.7 Å². The predicted molar refractivity (Wildman–Crippen MR) is 137 cm³/mol. The van der Waals surface area contributed by atoms with E-state index in [0.717, 1.165) is 33.0 Å². The molecule has 0 saturated carbocycles. The van der Waals surface area contributed by atoms with Gasteiger partial charge in [-0.05, 0) is 54.3 Å². The summed E-state index contributed by atoms with van der Waals surface area (Å²) in [6, 6.07) is 21.8. The van der Waals surface area contributed by atoms with Crippen molar-refractivity contribution in [3.63, 3.8) is 0 Å². The van der Waals surface area contributed by atoms with E-state index in [0.29, 0.717) is 18.3 Å². The summed E-state index contributed by atoms with van der Waals surface area (Å²) in [5.74, 6) is 0.971. The van der Waals surface area contributed by atoms with Crippen molar-refractivity contribution in [2.24, 2.45) is 0 Å². The van der Waals surface area contributed by atoms with Crippen molar-refractivity contribution in [2.45, 2.75) is 24.3 Å². The number of allylic oxidation sites excluding steroid dienone is 1. The number of hydrogen-bond acceptors (Lipinski definition) is 6. The van der Waals surface area contributed by atoms with Gasteiger partial charge in [0, 0.05) is 17.1 Å². The van der Waals surface area contributed by atoms with Gasteiger partial charge in [0.2, 0.25) is 5.82 Å². The summed E-state index contributed by atoms with van der Waals surface area (Å²) in [5, 5.41) is 9.38. The van der Waals surface area contributed by atoms with Crippen LogP contribution in [0.3, 0.4) is 0 Å². The van der Waals surface area contributed by atoms with Crippen molar-refractivity contribution >= 4 is 34.7 Å². The molecule has 0 aliphatic carbocycles. The normalized spacial score (nSPS) is 16.1. The number of thioether (sulfide) groups is 1. The van der Waals surface area contributed by atoms with Crippen molar-refractivity contribution in [1.82, 2.24) is 20.4 Å². The first-order valence-corrected chi connectivity index (χ1v) is 13.1. The Labute approximate surface area is 206 Å². The Hall–Kier alpha value is -3.36. The smallest absolute Gasteiger partial charge is 0.322 e. The Balaban J connectivity index is 1.53. The third-order valence-electron chi connectivity index (χ3n) is 5.91. The number of thiophene rings is 1. The lowest BCUT2D eigenvalue weighted by atomic mass is 9.94. The Morgan fingerprint density at radius 1 is 1.09 bits per heavy atom. The van der Waals surface area contributed by atoms with Crippen LogP contribution >= 0.6 is 23.1 Å².